The number of piperazine rings is 1. The molecule has 0 unspecified atom stereocenters. The monoisotopic (exact) mass is 449 g/mol. The fourth-order valence-corrected chi connectivity index (χ4v) is 3.55. The van der Waals surface area contributed by atoms with Gasteiger partial charge in [0.2, 0.25) is 5.91 Å². The molecule has 0 aliphatic carbocycles. The van der Waals surface area contributed by atoms with Crippen LogP contribution in [0.1, 0.15) is 16.7 Å². The van der Waals surface area contributed by atoms with E-state index in [4.69, 9.17) is 4.74 Å². The van der Waals surface area contributed by atoms with Gasteiger partial charge in [0.1, 0.15) is 5.75 Å². The van der Waals surface area contributed by atoms with E-state index in [2.05, 4.69) is 5.32 Å². The molecular weight excluding hydrogens is 423 g/mol. The molecule has 32 heavy (non-hydrogen) atoms. The predicted octanol–water partition coefficient (Wildman–Crippen LogP) is 3.48. The molecule has 1 N–H and O–H groups in total. The Morgan fingerprint density at radius 1 is 1.00 bits per heavy atom. The van der Waals surface area contributed by atoms with Gasteiger partial charge in [-0.2, -0.15) is 13.2 Å². The van der Waals surface area contributed by atoms with Crippen molar-refractivity contribution in [2.24, 2.45) is 0 Å². The highest BCUT2D eigenvalue weighted by Gasteiger charge is 2.30. The summed E-state index contributed by atoms with van der Waals surface area (Å²) >= 11 is 0. The highest BCUT2D eigenvalue weighted by atomic mass is 19.4. The number of hydrogen-bond acceptors (Lipinski definition) is 4. The van der Waals surface area contributed by atoms with E-state index in [1.165, 1.54) is 12.1 Å². The standard InChI is InChI=1S/C23H26F3N3O3/c1-16-5-3-6-17(2)22(16)27-20(30)14-28-9-11-29(12-10-28)21(31)15-32-19-8-4-7-18(13-19)23(24,25)26/h3-8,13H,9-12,14-15H2,1-2H3,(H,27,30). The van der Waals surface area contributed by atoms with Crippen LogP contribution >= 0.6 is 0 Å². The van der Waals surface area contributed by atoms with Gasteiger partial charge < -0.3 is 15.0 Å². The maximum atomic E-state index is 12.8. The maximum absolute atomic E-state index is 12.8. The Hall–Kier alpha value is -3.07. The van der Waals surface area contributed by atoms with Crippen LogP contribution in [-0.4, -0.2) is 60.9 Å². The first-order valence-electron chi connectivity index (χ1n) is 10.3. The molecule has 2 amide bonds. The lowest BCUT2D eigenvalue weighted by Gasteiger charge is -2.34. The first-order chi connectivity index (χ1) is 15.1. The van der Waals surface area contributed by atoms with Crippen molar-refractivity contribution in [1.82, 2.24) is 9.80 Å². The lowest BCUT2D eigenvalue weighted by molar-refractivity contribution is -0.137. The number of hydrogen-bond donors (Lipinski definition) is 1. The van der Waals surface area contributed by atoms with Crippen LogP contribution in [0.3, 0.4) is 0 Å². The molecular formula is C23H26F3N3O3. The smallest absolute Gasteiger partial charge is 0.416 e. The van der Waals surface area contributed by atoms with Crippen LogP contribution in [0.4, 0.5) is 18.9 Å². The number of amides is 2. The fourth-order valence-electron chi connectivity index (χ4n) is 3.55. The number of anilines is 1. The Morgan fingerprint density at radius 2 is 1.62 bits per heavy atom. The Labute approximate surface area is 184 Å². The molecule has 0 saturated carbocycles. The van der Waals surface area contributed by atoms with E-state index >= 15 is 0 Å². The molecule has 3 rings (SSSR count). The number of ether oxygens (including phenoxy) is 1. The summed E-state index contributed by atoms with van der Waals surface area (Å²) < 4.78 is 43.6. The number of nitrogens with zero attached hydrogens (tertiary/aromatic N) is 2. The molecule has 0 bridgehead atoms. The number of carbonyl (C=O) groups is 2. The average molecular weight is 449 g/mol. The summed E-state index contributed by atoms with van der Waals surface area (Å²) in [7, 11) is 0. The second kappa shape index (κ2) is 10.0. The number of halogens is 3. The summed E-state index contributed by atoms with van der Waals surface area (Å²) in [6.07, 6.45) is -4.47. The van der Waals surface area contributed by atoms with Crippen LogP contribution in [0, 0.1) is 13.8 Å². The zero-order chi connectivity index (χ0) is 23.3. The molecule has 0 aromatic heterocycles. The molecule has 172 valence electrons. The Morgan fingerprint density at radius 3 is 2.25 bits per heavy atom. The van der Waals surface area contributed by atoms with E-state index in [1.54, 1.807) is 4.90 Å². The minimum atomic E-state index is -4.47. The molecule has 1 fully saturated rings. The summed E-state index contributed by atoms with van der Waals surface area (Å²) in [5.41, 5.74) is 1.98. The summed E-state index contributed by atoms with van der Waals surface area (Å²) in [5, 5.41) is 2.95. The first kappa shape index (κ1) is 23.6. The quantitative estimate of drug-likeness (QED) is 0.734. The maximum Gasteiger partial charge on any atom is 0.416 e. The number of benzene rings is 2. The van der Waals surface area contributed by atoms with Gasteiger partial charge in [0.15, 0.2) is 6.61 Å². The van der Waals surface area contributed by atoms with Crippen LogP contribution < -0.4 is 10.1 Å². The third-order valence-electron chi connectivity index (χ3n) is 5.36. The molecule has 1 aliphatic rings. The summed E-state index contributed by atoms with van der Waals surface area (Å²) in [4.78, 5) is 28.4. The summed E-state index contributed by atoms with van der Waals surface area (Å²) in [5.74, 6) is -0.424. The minimum absolute atomic E-state index is 0.00465. The number of para-hydroxylation sites is 1. The van der Waals surface area contributed by atoms with Gasteiger partial charge in [0.25, 0.3) is 5.91 Å². The zero-order valence-electron chi connectivity index (χ0n) is 18.0. The van der Waals surface area contributed by atoms with Gasteiger partial charge in [-0.3, -0.25) is 14.5 Å². The predicted molar refractivity (Wildman–Crippen MR) is 115 cm³/mol. The van der Waals surface area contributed by atoms with Gasteiger partial charge in [0.05, 0.1) is 12.1 Å². The third kappa shape index (κ3) is 6.23. The van der Waals surface area contributed by atoms with Crippen molar-refractivity contribution in [3.05, 3.63) is 59.2 Å². The molecule has 9 heteroatoms. The molecule has 0 radical (unpaired) electrons. The number of rotatable bonds is 6. The molecule has 6 nitrogen and oxygen atoms in total. The summed E-state index contributed by atoms with van der Waals surface area (Å²) in [6, 6.07) is 10.3. The molecule has 2 aromatic rings. The van der Waals surface area contributed by atoms with E-state index in [-0.39, 0.29) is 30.7 Å². The zero-order valence-corrected chi connectivity index (χ0v) is 18.0. The minimum Gasteiger partial charge on any atom is -0.484 e. The number of aryl methyl sites for hydroxylation is 2. The normalized spacial score (nSPS) is 14.8. The van der Waals surface area contributed by atoms with Crippen molar-refractivity contribution >= 4 is 17.5 Å². The van der Waals surface area contributed by atoms with Crippen molar-refractivity contribution in [3.8, 4) is 5.75 Å². The van der Waals surface area contributed by atoms with E-state index in [0.29, 0.717) is 26.2 Å². The Bertz CT molecular complexity index is 950. The second-order valence-corrected chi connectivity index (χ2v) is 7.79. The molecule has 1 aliphatic heterocycles. The van der Waals surface area contributed by atoms with Gasteiger partial charge in [0, 0.05) is 31.9 Å². The number of nitrogens with one attached hydrogen (secondary N) is 1. The van der Waals surface area contributed by atoms with Gasteiger partial charge in [-0.1, -0.05) is 24.3 Å². The van der Waals surface area contributed by atoms with Crippen molar-refractivity contribution in [2.75, 3.05) is 44.6 Å². The van der Waals surface area contributed by atoms with E-state index in [1.807, 2.05) is 36.9 Å². The molecule has 0 atom stereocenters. The number of alkyl halides is 3. The average Bonchev–Trinajstić information content (AvgIpc) is 2.75. The first-order valence-corrected chi connectivity index (χ1v) is 10.3. The van der Waals surface area contributed by atoms with Crippen molar-refractivity contribution in [1.29, 1.82) is 0 Å². The molecule has 2 aromatic carbocycles. The Balaban J connectivity index is 1.44. The largest absolute Gasteiger partial charge is 0.484 e. The lowest BCUT2D eigenvalue weighted by atomic mass is 10.1. The van der Waals surface area contributed by atoms with Gasteiger partial charge in [-0.25, -0.2) is 0 Å². The third-order valence-corrected chi connectivity index (χ3v) is 5.36. The topological polar surface area (TPSA) is 61.9 Å². The van der Waals surface area contributed by atoms with Crippen molar-refractivity contribution in [3.63, 3.8) is 0 Å². The van der Waals surface area contributed by atoms with E-state index in [9.17, 15) is 22.8 Å². The number of carbonyl (C=O) groups excluding carboxylic acids is 2. The van der Waals surface area contributed by atoms with Gasteiger partial charge in [-0.15, -0.1) is 0 Å². The molecule has 0 spiro atoms. The van der Waals surface area contributed by atoms with E-state index in [0.717, 1.165) is 28.9 Å². The van der Waals surface area contributed by atoms with Crippen LogP contribution in [0.2, 0.25) is 0 Å². The molecule has 1 heterocycles. The van der Waals surface area contributed by atoms with Gasteiger partial charge in [-0.05, 0) is 43.2 Å². The second-order valence-electron chi connectivity index (χ2n) is 7.79. The fraction of sp³-hybridized carbons (Fsp3) is 0.391. The Kier molecular flexibility index (Phi) is 7.40. The molecule has 1 saturated heterocycles. The van der Waals surface area contributed by atoms with Crippen LogP contribution in [-0.2, 0) is 15.8 Å². The lowest BCUT2D eigenvalue weighted by Crippen LogP contribution is -2.51. The summed E-state index contributed by atoms with van der Waals surface area (Å²) in [6.45, 7) is 5.64. The van der Waals surface area contributed by atoms with Gasteiger partial charge >= 0.3 is 6.18 Å². The highest BCUT2D eigenvalue weighted by Crippen LogP contribution is 2.31. The van der Waals surface area contributed by atoms with Crippen LogP contribution in [0.15, 0.2) is 42.5 Å². The SMILES string of the molecule is Cc1cccc(C)c1NC(=O)CN1CCN(C(=O)COc2cccc(C(F)(F)F)c2)CC1. The van der Waals surface area contributed by atoms with Crippen molar-refractivity contribution < 1.29 is 27.5 Å². The van der Waals surface area contributed by atoms with Crippen LogP contribution in [0.5, 0.6) is 5.75 Å². The van der Waals surface area contributed by atoms with Crippen molar-refractivity contribution in [2.45, 2.75) is 20.0 Å². The van der Waals surface area contributed by atoms with Crippen LogP contribution in [0.25, 0.3) is 0 Å². The highest BCUT2D eigenvalue weighted by molar-refractivity contribution is 5.93. The van der Waals surface area contributed by atoms with E-state index < -0.39 is 11.7 Å².